The van der Waals surface area contributed by atoms with Gasteiger partial charge in [0.1, 0.15) is 17.4 Å². The molecule has 1 aromatic carbocycles. The van der Waals surface area contributed by atoms with E-state index in [1.807, 2.05) is 75.6 Å². The Morgan fingerprint density at radius 1 is 1.18 bits per heavy atom. The molecule has 0 fully saturated rings. The lowest BCUT2D eigenvalue weighted by Gasteiger charge is -2.08. The van der Waals surface area contributed by atoms with E-state index in [1.54, 1.807) is 6.08 Å². The summed E-state index contributed by atoms with van der Waals surface area (Å²) >= 11 is 0. The highest BCUT2D eigenvalue weighted by Crippen LogP contribution is 2.23. The predicted octanol–water partition coefficient (Wildman–Crippen LogP) is 4.55. The number of hydrogen-bond acceptors (Lipinski definition) is 4. The average Bonchev–Trinajstić information content (AvgIpc) is 3.17. The van der Waals surface area contributed by atoms with Gasteiger partial charge in [-0.25, -0.2) is 0 Å². The number of aromatic nitrogens is 2. The van der Waals surface area contributed by atoms with Gasteiger partial charge in [-0.2, -0.15) is 5.26 Å². The van der Waals surface area contributed by atoms with Crippen molar-refractivity contribution in [3.05, 3.63) is 69.7 Å². The Kier molecular flexibility index (Phi) is 5.18. The maximum absolute atomic E-state index is 12.6. The first-order chi connectivity index (χ1) is 13.3. The first-order valence-electron chi connectivity index (χ1n) is 8.93. The minimum absolute atomic E-state index is 0.0385. The third-order valence-corrected chi connectivity index (χ3v) is 4.61. The van der Waals surface area contributed by atoms with E-state index in [4.69, 9.17) is 4.52 Å². The molecule has 28 heavy (non-hydrogen) atoms. The van der Waals surface area contributed by atoms with Gasteiger partial charge in [0.15, 0.2) is 5.82 Å². The maximum atomic E-state index is 12.6. The molecule has 0 aliphatic heterocycles. The van der Waals surface area contributed by atoms with E-state index >= 15 is 0 Å². The number of aryl methyl sites for hydroxylation is 4. The number of rotatable bonds is 4. The van der Waals surface area contributed by atoms with Crippen LogP contribution in [0.25, 0.3) is 11.9 Å². The monoisotopic (exact) mass is 374 g/mol. The molecule has 0 saturated carbocycles. The third-order valence-electron chi connectivity index (χ3n) is 4.61. The summed E-state index contributed by atoms with van der Waals surface area (Å²) in [5.41, 5.74) is 5.39. The van der Waals surface area contributed by atoms with Crippen molar-refractivity contribution in [2.75, 3.05) is 5.32 Å². The van der Waals surface area contributed by atoms with Gasteiger partial charge in [0.2, 0.25) is 0 Å². The van der Waals surface area contributed by atoms with Crippen LogP contribution in [-0.4, -0.2) is 15.6 Å². The van der Waals surface area contributed by atoms with E-state index in [0.717, 1.165) is 28.1 Å². The SMILES string of the molecule is Cc1ccc(NC(=O)/C(C#N)=C/c2cc(C)n(-c3cc(C)on3)c2C)c(C)c1. The number of anilines is 1. The molecule has 3 rings (SSSR count). The van der Waals surface area contributed by atoms with E-state index in [0.29, 0.717) is 17.3 Å². The van der Waals surface area contributed by atoms with Crippen molar-refractivity contribution in [3.63, 3.8) is 0 Å². The zero-order valence-corrected chi connectivity index (χ0v) is 16.6. The minimum atomic E-state index is -0.434. The highest BCUT2D eigenvalue weighted by atomic mass is 16.5. The van der Waals surface area contributed by atoms with Gasteiger partial charge in [0, 0.05) is 23.1 Å². The van der Waals surface area contributed by atoms with Crippen LogP contribution >= 0.6 is 0 Å². The highest BCUT2D eigenvalue weighted by Gasteiger charge is 2.16. The van der Waals surface area contributed by atoms with Crippen molar-refractivity contribution in [2.45, 2.75) is 34.6 Å². The van der Waals surface area contributed by atoms with Crippen molar-refractivity contribution in [3.8, 4) is 11.9 Å². The molecule has 0 aliphatic rings. The number of benzene rings is 1. The fourth-order valence-electron chi connectivity index (χ4n) is 3.19. The average molecular weight is 374 g/mol. The first-order valence-corrected chi connectivity index (χ1v) is 8.93. The minimum Gasteiger partial charge on any atom is -0.360 e. The van der Waals surface area contributed by atoms with Crippen molar-refractivity contribution in [2.24, 2.45) is 0 Å². The van der Waals surface area contributed by atoms with Crippen LogP contribution in [0, 0.1) is 45.9 Å². The van der Waals surface area contributed by atoms with Crippen LogP contribution < -0.4 is 5.32 Å². The molecule has 1 amide bonds. The van der Waals surface area contributed by atoms with Gasteiger partial charge < -0.3 is 9.84 Å². The summed E-state index contributed by atoms with van der Waals surface area (Å²) in [5.74, 6) is 0.951. The van der Waals surface area contributed by atoms with Gasteiger partial charge in [-0.3, -0.25) is 9.36 Å². The van der Waals surface area contributed by atoms with E-state index in [9.17, 15) is 10.1 Å². The second-order valence-electron chi connectivity index (χ2n) is 6.90. The molecule has 2 aromatic heterocycles. The third kappa shape index (κ3) is 3.74. The van der Waals surface area contributed by atoms with Crippen LogP contribution in [0.5, 0.6) is 0 Å². The lowest BCUT2D eigenvalue weighted by molar-refractivity contribution is -0.112. The summed E-state index contributed by atoms with van der Waals surface area (Å²) in [5, 5.41) is 16.4. The molecule has 0 atom stereocenters. The smallest absolute Gasteiger partial charge is 0.266 e. The topological polar surface area (TPSA) is 83.9 Å². The molecular formula is C22H22N4O2. The van der Waals surface area contributed by atoms with Crippen molar-refractivity contribution >= 4 is 17.7 Å². The molecule has 1 N–H and O–H groups in total. The Morgan fingerprint density at radius 3 is 2.54 bits per heavy atom. The van der Waals surface area contributed by atoms with Gasteiger partial charge >= 0.3 is 0 Å². The van der Waals surface area contributed by atoms with E-state index < -0.39 is 5.91 Å². The number of hydrogen-bond donors (Lipinski definition) is 1. The Balaban J connectivity index is 1.92. The molecule has 0 radical (unpaired) electrons. The van der Waals surface area contributed by atoms with Crippen LogP contribution in [0.1, 0.15) is 33.8 Å². The fourth-order valence-corrected chi connectivity index (χ4v) is 3.19. The highest BCUT2D eigenvalue weighted by molar-refractivity contribution is 6.10. The van der Waals surface area contributed by atoms with Gasteiger partial charge in [0.25, 0.3) is 5.91 Å². The molecule has 0 spiro atoms. The van der Waals surface area contributed by atoms with E-state index in [1.165, 1.54) is 0 Å². The Morgan fingerprint density at radius 2 is 1.93 bits per heavy atom. The second-order valence-corrected chi connectivity index (χ2v) is 6.90. The first kappa shape index (κ1) is 19.2. The number of nitriles is 1. The molecule has 3 aromatic rings. The number of nitrogens with one attached hydrogen (secondary N) is 1. The van der Waals surface area contributed by atoms with Crippen LogP contribution in [0.15, 0.2) is 40.4 Å². The predicted molar refractivity (Wildman–Crippen MR) is 108 cm³/mol. The van der Waals surface area contributed by atoms with E-state index in [-0.39, 0.29) is 5.57 Å². The molecule has 0 unspecified atom stereocenters. The van der Waals surface area contributed by atoms with Crippen molar-refractivity contribution in [1.29, 1.82) is 5.26 Å². The Hall–Kier alpha value is -3.59. The lowest BCUT2D eigenvalue weighted by Crippen LogP contribution is -2.14. The van der Waals surface area contributed by atoms with Crippen LogP contribution in [0.4, 0.5) is 5.69 Å². The molecule has 2 heterocycles. The molecule has 0 aliphatic carbocycles. The summed E-state index contributed by atoms with van der Waals surface area (Å²) in [6.07, 6.45) is 1.60. The normalized spacial score (nSPS) is 11.4. The van der Waals surface area contributed by atoms with Crippen molar-refractivity contribution < 1.29 is 9.32 Å². The van der Waals surface area contributed by atoms with Gasteiger partial charge in [-0.15, -0.1) is 0 Å². The molecular weight excluding hydrogens is 352 g/mol. The number of carbonyl (C=O) groups is 1. The lowest BCUT2D eigenvalue weighted by atomic mass is 10.1. The molecule has 0 saturated heterocycles. The zero-order chi connectivity index (χ0) is 20.4. The zero-order valence-electron chi connectivity index (χ0n) is 16.6. The van der Waals surface area contributed by atoms with Gasteiger partial charge in [-0.1, -0.05) is 22.9 Å². The number of carbonyl (C=O) groups excluding carboxylic acids is 1. The summed E-state index contributed by atoms with van der Waals surface area (Å²) < 4.78 is 7.09. The van der Waals surface area contributed by atoms with Crippen molar-refractivity contribution in [1.82, 2.24) is 9.72 Å². The molecule has 6 nitrogen and oxygen atoms in total. The van der Waals surface area contributed by atoms with Crippen LogP contribution in [-0.2, 0) is 4.79 Å². The molecule has 142 valence electrons. The standard InChI is InChI=1S/C22H22N4O2/c1-13-6-7-20(14(2)8-13)24-22(27)19(12-23)11-18-9-15(3)26(17(18)5)21-10-16(4)28-25-21/h6-11H,1-5H3,(H,24,27)/b19-11+. The quantitative estimate of drug-likeness (QED) is 0.536. The van der Waals surface area contributed by atoms with Gasteiger partial charge in [-0.05, 0) is 64.0 Å². The summed E-state index contributed by atoms with van der Waals surface area (Å²) in [6.45, 7) is 9.60. The Labute approximate surface area is 164 Å². The largest absolute Gasteiger partial charge is 0.360 e. The maximum Gasteiger partial charge on any atom is 0.266 e. The summed E-state index contributed by atoms with van der Waals surface area (Å²) in [4.78, 5) is 12.6. The summed E-state index contributed by atoms with van der Waals surface area (Å²) in [7, 11) is 0. The second kappa shape index (κ2) is 7.57. The fraction of sp³-hybridized carbons (Fsp3) is 0.227. The summed E-state index contributed by atoms with van der Waals surface area (Å²) in [6, 6.07) is 11.5. The van der Waals surface area contributed by atoms with Crippen LogP contribution in [0.3, 0.4) is 0 Å². The molecule has 6 heteroatoms. The number of amides is 1. The van der Waals surface area contributed by atoms with E-state index in [2.05, 4.69) is 10.5 Å². The van der Waals surface area contributed by atoms with Gasteiger partial charge in [0.05, 0.1) is 0 Å². The number of nitrogens with zero attached hydrogens (tertiary/aromatic N) is 3. The Bertz CT molecular complexity index is 1130. The molecule has 0 bridgehead atoms. The van der Waals surface area contributed by atoms with Crippen LogP contribution in [0.2, 0.25) is 0 Å².